The van der Waals surface area contributed by atoms with Crippen molar-refractivity contribution in [1.82, 2.24) is 9.62 Å². The van der Waals surface area contributed by atoms with Gasteiger partial charge in [0.1, 0.15) is 35.9 Å². The molecule has 4 unspecified atom stereocenters. The van der Waals surface area contributed by atoms with Crippen molar-refractivity contribution in [2.24, 2.45) is 0 Å². The Balaban J connectivity index is 1.35. The summed E-state index contributed by atoms with van der Waals surface area (Å²) in [6, 6.07) is 16.2. The molecule has 1 aromatic heterocycles. The third-order valence-corrected chi connectivity index (χ3v) is 9.33. The maximum atomic E-state index is 13.1. The predicted octanol–water partition coefficient (Wildman–Crippen LogP) is 1.51. The molecule has 0 saturated carbocycles. The van der Waals surface area contributed by atoms with E-state index in [0.29, 0.717) is 5.76 Å². The molecule has 0 spiro atoms. The van der Waals surface area contributed by atoms with E-state index in [0.717, 1.165) is 42.5 Å². The van der Waals surface area contributed by atoms with Crippen LogP contribution in [0.2, 0.25) is 0 Å². The van der Waals surface area contributed by atoms with Gasteiger partial charge in [0.25, 0.3) is 10.0 Å². The number of rotatable bonds is 7. The van der Waals surface area contributed by atoms with E-state index in [1.165, 1.54) is 12.6 Å². The number of nitrogens with zero attached hydrogens (tertiary/aromatic N) is 3. The number of fused-ring (bicyclic) bond motifs is 1. The van der Waals surface area contributed by atoms with Crippen LogP contribution in [0.3, 0.4) is 0 Å². The molecule has 11 nitrogen and oxygen atoms in total. The van der Waals surface area contributed by atoms with Crippen LogP contribution in [-0.2, 0) is 14.8 Å². The largest absolute Gasteiger partial charge is 0.456 e. The summed E-state index contributed by atoms with van der Waals surface area (Å²) in [4.78, 5) is 4.12. The highest BCUT2D eigenvalue weighted by atomic mass is 32.2. The lowest BCUT2D eigenvalue weighted by Gasteiger charge is -2.36. The van der Waals surface area contributed by atoms with Gasteiger partial charge in [-0.2, -0.15) is 5.26 Å². The number of hydrogen-bond acceptors (Lipinski definition) is 10. The minimum absolute atomic E-state index is 0.0869. The molecule has 2 fully saturated rings. The molecule has 12 heteroatoms. The van der Waals surface area contributed by atoms with E-state index in [1.54, 1.807) is 18.2 Å². The minimum Gasteiger partial charge on any atom is -0.456 e. The number of aliphatic hydroxyl groups excluding tert-OH is 3. The molecule has 0 radical (unpaired) electrons. The van der Waals surface area contributed by atoms with Gasteiger partial charge in [0.2, 0.25) is 0 Å². The number of nitriles is 1. The summed E-state index contributed by atoms with van der Waals surface area (Å²) in [6.07, 6.45) is -4.06. The van der Waals surface area contributed by atoms with Gasteiger partial charge in [0.15, 0.2) is 4.91 Å². The van der Waals surface area contributed by atoms with E-state index in [2.05, 4.69) is 39.8 Å². The standard InChI is InChI=1S/C29H34N4O7S/c1-18(27(15-30)41(37,38)31-23-17-39-26(16-34)29(36)28(23)35)24-7-8-25(40-24)21-4-3-20-14-22(6-5-19(20)13-21)33-11-9-32(2)10-12-33/h3-8,13-14,23,26,28-29,31,34-36H,9-12,16-17H2,1-2H3. The summed E-state index contributed by atoms with van der Waals surface area (Å²) < 4.78 is 39.7. The normalized spacial score (nSPS) is 24.7. The molecule has 218 valence electrons. The first-order valence-corrected chi connectivity index (χ1v) is 14.9. The van der Waals surface area contributed by atoms with Crippen molar-refractivity contribution in [2.75, 3.05) is 51.3 Å². The second-order valence-corrected chi connectivity index (χ2v) is 12.2. The monoisotopic (exact) mass is 582 g/mol. The highest BCUT2D eigenvalue weighted by molar-refractivity contribution is 7.93. The number of furan rings is 1. The van der Waals surface area contributed by atoms with Gasteiger partial charge in [-0.25, -0.2) is 13.1 Å². The van der Waals surface area contributed by atoms with Crippen molar-refractivity contribution in [3.05, 3.63) is 59.2 Å². The first-order chi connectivity index (χ1) is 19.6. The molecule has 4 N–H and O–H groups in total. The van der Waals surface area contributed by atoms with Gasteiger partial charge < -0.3 is 34.3 Å². The van der Waals surface area contributed by atoms with Gasteiger partial charge in [-0.15, -0.1) is 0 Å². The molecule has 0 aliphatic carbocycles. The van der Waals surface area contributed by atoms with Crippen LogP contribution in [0.1, 0.15) is 12.7 Å². The van der Waals surface area contributed by atoms with E-state index < -0.39 is 45.9 Å². The predicted molar refractivity (Wildman–Crippen MR) is 154 cm³/mol. The fourth-order valence-corrected chi connectivity index (χ4v) is 6.55. The zero-order chi connectivity index (χ0) is 29.3. The minimum atomic E-state index is -4.41. The smallest absolute Gasteiger partial charge is 0.251 e. The summed E-state index contributed by atoms with van der Waals surface area (Å²) in [5.74, 6) is 0.717. The van der Waals surface area contributed by atoms with Crippen molar-refractivity contribution in [3.8, 4) is 17.4 Å². The first-order valence-electron chi connectivity index (χ1n) is 13.4. The molecule has 4 atom stereocenters. The molecule has 0 bridgehead atoms. The fourth-order valence-electron chi connectivity index (χ4n) is 5.20. The average Bonchev–Trinajstić information content (AvgIpc) is 3.46. The van der Waals surface area contributed by atoms with Crippen molar-refractivity contribution >= 4 is 32.1 Å². The third kappa shape index (κ3) is 6.02. The maximum absolute atomic E-state index is 13.1. The number of hydrogen-bond donors (Lipinski definition) is 4. The second-order valence-electron chi connectivity index (χ2n) is 10.5. The van der Waals surface area contributed by atoms with Gasteiger partial charge in [0, 0.05) is 43.0 Å². The Kier molecular flexibility index (Phi) is 8.49. The lowest BCUT2D eigenvalue weighted by atomic mass is 9.99. The summed E-state index contributed by atoms with van der Waals surface area (Å²) in [6.45, 7) is 4.67. The van der Waals surface area contributed by atoms with E-state index in [9.17, 15) is 29.0 Å². The van der Waals surface area contributed by atoms with Crippen LogP contribution in [0, 0.1) is 11.3 Å². The fraction of sp³-hybridized carbons (Fsp3) is 0.414. The van der Waals surface area contributed by atoms with Crippen molar-refractivity contribution in [1.29, 1.82) is 5.26 Å². The summed E-state index contributed by atoms with van der Waals surface area (Å²) >= 11 is 0. The Morgan fingerprint density at radius 2 is 1.76 bits per heavy atom. The summed E-state index contributed by atoms with van der Waals surface area (Å²) in [7, 11) is -2.28. The zero-order valence-electron chi connectivity index (χ0n) is 22.9. The number of allylic oxidation sites excluding steroid dienone is 2. The molecular formula is C29H34N4O7S. The topological polar surface area (TPSA) is 160 Å². The van der Waals surface area contributed by atoms with Crippen molar-refractivity contribution in [3.63, 3.8) is 0 Å². The molecule has 2 aliphatic heterocycles. The van der Waals surface area contributed by atoms with Crippen molar-refractivity contribution < 1.29 is 32.9 Å². The van der Waals surface area contributed by atoms with E-state index in [-0.39, 0.29) is 17.9 Å². The van der Waals surface area contributed by atoms with E-state index >= 15 is 0 Å². The Bertz CT molecular complexity index is 1590. The molecule has 3 aromatic rings. The average molecular weight is 583 g/mol. The van der Waals surface area contributed by atoms with Gasteiger partial charge in [-0.1, -0.05) is 18.2 Å². The number of piperazine rings is 1. The maximum Gasteiger partial charge on any atom is 0.251 e. The highest BCUT2D eigenvalue weighted by Gasteiger charge is 2.40. The Morgan fingerprint density at radius 3 is 2.46 bits per heavy atom. The number of sulfonamides is 1. The lowest BCUT2D eigenvalue weighted by molar-refractivity contribution is -0.158. The molecular weight excluding hydrogens is 548 g/mol. The van der Waals surface area contributed by atoms with Gasteiger partial charge in [0.05, 0.1) is 19.3 Å². The number of anilines is 1. The van der Waals surface area contributed by atoms with Gasteiger partial charge >= 0.3 is 0 Å². The number of benzene rings is 2. The summed E-state index contributed by atoms with van der Waals surface area (Å²) in [5.41, 5.74) is 2.08. The third-order valence-electron chi connectivity index (χ3n) is 7.78. The number of nitrogens with one attached hydrogen (secondary N) is 1. The van der Waals surface area contributed by atoms with Crippen LogP contribution < -0.4 is 9.62 Å². The molecule has 2 aliphatic rings. The van der Waals surface area contributed by atoms with Crippen LogP contribution in [0.4, 0.5) is 5.69 Å². The van der Waals surface area contributed by atoms with E-state index in [4.69, 9.17) is 9.15 Å². The number of likely N-dealkylation sites (N-methyl/N-ethyl adjacent to an activating group) is 1. The zero-order valence-corrected chi connectivity index (χ0v) is 23.7. The van der Waals surface area contributed by atoms with Crippen LogP contribution in [0.25, 0.3) is 27.7 Å². The van der Waals surface area contributed by atoms with Crippen LogP contribution >= 0.6 is 0 Å². The van der Waals surface area contributed by atoms with Gasteiger partial charge in [-0.05, 0) is 55.1 Å². The quantitative estimate of drug-likeness (QED) is 0.301. The number of ether oxygens (including phenoxy) is 1. The molecule has 2 aromatic carbocycles. The molecule has 5 rings (SSSR count). The number of aliphatic hydroxyl groups is 3. The van der Waals surface area contributed by atoms with Gasteiger partial charge in [-0.3, -0.25) is 0 Å². The van der Waals surface area contributed by atoms with E-state index in [1.807, 2.05) is 18.2 Å². The molecule has 41 heavy (non-hydrogen) atoms. The van der Waals surface area contributed by atoms with Crippen LogP contribution in [-0.4, -0.2) is 99.4 Å². The van der Waals surface area contributed by atoms with Crippen LogP contribution in [0.15, 0.2) is 57.9 Å². The Morgan fingerprint density at radius 1 is 1.05 bits per heavy atom. The Hall–Kier alpha value is -3.28. The summed E-state index contributed by atoms with van der Waals surface area (Å²) in [5, 5.41) is 41.5. The lowest BCUT2D eigenvalue weighted by Crippen LogP contribution is -2.59. The second kappa shape index (κ2) is 11.9. The molecule has 2 saturated heterocycles. The first kappa shape index (κ1) is 29.2. The Labute approximate surface area is 238 Å². The SMILES string of the molecule is CC(=C(C#N)S(=O)(=O)NC1COC(CO)C(O)C1O)c1ccc(-c2ccc3cc(N4CCN(C)CC4)ccc3c2)o1. The molecule has 3 heterocycles. The molecule has 0 amide bonds. The van der Waals surface area contributed by atoms with Crippen LogP contribution in [0.5, 0.6) is 0 Å². The van der Waals surface area contributed by atoms with Crippen molar-refractivity contribution in [2.45, 2.75) is 31.3 Å². The highest BCUT2D eigenvalue weighted by Crippen LogP contribution is 2.32.